The van der Waals surface area contributed by atoms with Crippen LogP contribution in [0.5, 0.6) is 0 Å². The van der Waals surface area contributed by atoms with Crippen molar-refractivity contribution in [2.24, 2.45) is 0 Å². The fourth-order valence-corrected chi connectivity index (χ4v) is 1.52. The van der Waals surface area contributed by atoms with Gasteiger partial charge in [0.2, 0.25) is 0 Å². The first-order valence-corrected chi connectivity index (χ1v) is 5.84. The van der Waals surface area contributed by atoms with E-state index in [1.807, 2.05) is 25.1 Å². The molecule has 15 heavy (non-hydrogen) atoms. The van der Waals surface area contributed by atoms with Crippen LogP contribution in [0.1, 0.15) is 18.1 Å². The second kappa shape index (κ2) is 5.85. The third kappa shape index (κ3) is 4.42. The van der Waals surface area contributed by atoms with Crippen molar-refractivity contribution in [3.05, 3.63) is 34.3 Å². The minimum atomic E-state index is 0.0899. The van der Waals surface area contributed by atoms with Crippen LogP contribution < -0.4 is 0 Å². The van der Waals surface area contributed by atoms with E-state index < -0.39 is 0 Å². The molecule has 0 N–H and O–H groups in total. The minimum Gasteiger partial charge on any atom is -0.288 e. The number of halogens is 1. The predicted molar refractivity (Wildman–Crippen MR) is 66.2 cm³/mol. The second-order valence-electron chi connectivity index (χ2n) is 3.04. The van der Waals surface area contributed by atoms with Crippen LogP contribution in [0.15, 0.2) is 18.2 Å². The Hall–Kier alpha value is -0.910. The molecule has 0 atom stereocenters. The standard InChI is InChI=1S/C12H11ClOS/c1-9-5-6-12(13)8-11(9)4-3-7-15-10(2)14/h5-6,8H,7H2,1-2H3. The maximum absolute atomic E-state index is 10.7. The molecule has 0 unspecified atom stereocenters. The van der Waals surface area contributed by atoms with Crippen LogP contribution in [0.4, 0.5) is 0 Å². The molecule has 0 fully saturated rings. The van der Waals surface area contributed by atoms with E-state index in [4.69, 9.17) is 11.6 Å². The molecule has 0 aliphatic carbocycles. The number of rotatable bonds is 1. The van der Waals surface area contributed by atoms with E-state index in [2.05, 4.69) is 11.8 Å². The quantitative estimate of drug-likeness (QED) is 0.699. The fraction of sp³-hybridized carbons (Fsp3) is 0.250. The zero-order chi connectivity index (χ0) is 11.3. The van der Waals surface area contributed by atoms with Gasteiger partial charge in [-0.3, -0.25) is 4.79 Å². The predicted octanol–water partition coefficient (Wildman–Crippen LogP) is 3.28. The summed E-state index contributed by atoms with van der Waals surface area (Å²) in [6.45, 7) is 3.52. The SMILES string of the molecule is CC(=O)SCC#Cc1cc(Cl)ccc1C. The Labute approximate surface area is 99.2 Å². The molecule has 1 rings (SSSR count). The molecule has 0 bridgehead atoms. The van der Waals surface area contributed by atoms with Crippen LogP contribution >= 0.6 is 23.4 Å². The molecule has 1 nitrogen and oxygen atoms in total. The highest BCUT2D eigenvalue weighted by Gasteiger charge is 1.95. The number of carbonyl (C=O) groups is 1. The molecule has 0 heterocycles. The van der Waals surface area contributed by atoms with E-state index in [0.29, 0.717) is 10.8 Å². The second-order valence-corrected chi connectivity index (χ2v) is 4.63. The molecule has 0 radical (unpaired) electrons. The van der Waals surface area contributed by atoms with E-state index in [-0.39, 0.29) is 5.12 Å². The van der Waals surface area contributed by atoms with Crippen LogP contribution in [-0.2, 0) is 4.79 Å². The van der Waals surface area contributed by atoms with Crippen LogP contribution in [0.2, 0.25) is 5.02 Å². The smallest absolute Gasteiger partial charge is 0.186 e. The molecule has 3 heteroatoms. The highest BCUT2D eigenvalue weighted by Crippen LogP contribution is 2.14. The molecule has 1 aromatic carbocycles. The summed E-state index contributed by atoms with van der Waals surface area (Å²) in [6, 6.07) is 5.61. The number of carbonyl (C=O) groups excluding carboxylic acids is 1. The molecule has 0 saturated heterocycles. The Morgan fingerprint density at radius 2 is 2.27 bits per heavy atom. The molecule has 78 valence electrons. The molecule has 0 aliphatic rings. The van der Waals surface area contributed by atoms with Gasteiger partial charge in [0.25, 0.3) is 0 Å². The molecular formula is C12H11ClOS. The summed E-state index contributed by atoms with van der Waals surface area (Å²) in [6.07, 6.45) is 0. The number of benzene rings is 1. The summed E-state index contributed by atoms with van der Waals surface area (Å²) >= 11 is 7.07. The molecule has 0 amide bonds. The van der Waals surface area contributed by atoms with Gasteiger partial charge in [-0.05, 0) is 24.6 Å². The average molecular weight is 239 g/mol. The lowest BCUT2D eigenvalue weighted by Crippen LogP contribution is -1.84. The number of thioether (sulfide) groups is 1. The van der Waals surface area contributed by atoms with Gasteiger partial charge in [-0.25, -0.2) is 0 Å². The molecule has 0 aromatic heterocycles. The Bertz CT molecular complexity index is 429. The third-order valence-electron chi connectivity index (χ3n) is 1.77. The topological polar surface area (TPSA) is 17.1 Å². The number of hydrogen-bond acceptors (Lipinski definition) is 2. The summed E-state index contributed by atoms with van der Waals surface area (Å²) < 4.78 is 0. The van der Waals surface area contributed by atoms with E-state index in [1.54, 1.807) is 0 Å². The lowest BCUT2D eigenvalue weighted by molar-refractivity contribution is -0.109. The van der Waals surface area contributed by atoms with Crippen LogP contribution in [-0.4, -0.2) is 10.9 Å². The van der Waals surface area contributed by atoms with Gasteiger partial charge in [-0.2, -0.15) is 0 Å². The highest BCUT2D eigenvalue weighted by atomic mass is 35.5. The van der Waals surface area contributed by atoms with Crippen LogP contribution in [0.3, 0.4) is 0 Å². The van der Waals surface area contributed by atoms with Gasteiger partial charge in [-0.15, -0.1) is 0 Å². The Morgan fingerprint density at radius 3 is 2.93 bits per heavy atom. The zero-order valence-electron chi connectivity index (χ0n) is 8.63. The number of aryl methyl sites for hydroxylation is 1. The van der Waals surface area contributed by atoms with E-state index in [9.17, 15) is 4.79 Å². The van der Waals surface area contributed by atoms with Gasteiger partial charge >= 0.3 is 0 Å². The summed E-state index contributed by atoms with van der Waals surface area (Å²) in [5, 5.41) is 0.774. The number of hydrogen-bond donors (Lipinski definition) is 0. The summed E-state index contributed by atoms with van der Waals surface area (Å²) in [7, 11) is 0. The van der Waals surface area contributed by atoms with Crippen LogP contribution in [0.25, 0.3) is 0 Å². The lowest BCUT2D eigenvalue weighted by atomic mass is 10.1. The largest absolute Gasteiger partial charge is 0.288 e. The van der Waals surface area contributed by atoms with Gasteiger partial charge in [0.15, 0.2) is 5.12 Å². The summed E-state index contributed by atoms with van der Waals surface area (Å²) in [5.74, 6) is 6.47. The Morgan fingerprint density at radius 1 is 1.53 bits per heavy atom. The van der Waals surface area contributed by atoms with Crippen molar-refractivity contribution < 1.29 is 4.79 Å². The monoisotopic (exact) mass is 238 g/mol. The van der Waals surface area contributed by atoms with Crippen molar-refractivity contribution in [3.63, 3.8) is 0 Å². The maximum atomic E-state index is 10.7. The summed E-state index contributed by atoms with van der Waals surface area (Å²) in [4.78, 5) is 10.7. The van der Waals surface area contributed by atoms with Crippen molar-refractivity contribution in [2.45, 2.75) is 13.8 Å². The summed E-state index contributed by atoms with van der Waals surface area (Å²) in [5.41, 5.74) is 2.02. The Balaban J connectivity index is 2.71. The Kier molecular flexibility index (Phi) is 4.74. The van der Waals surface area contributed by atoms with Crippen molar-refractivity contribution in [2.75, 3.05) is 5.75 Å². The zero-order valence-corrected chi connectivity index (χ0v) is 10.2. The first-order chi connectivity index (χ1) is 7.09. The van der Waals surface area contributed by atoms with E-state index in [0.717, 1.165) is 11.1 Å². The molecule has 1 aromatic rings. The van der Waals surface area contributed by atoms with Gasteiger partial charge < -0.3 is 0 Å². The fourth-order valence-electron chi connectivity index (χ4n) is 0.998. The average Bonchev–Trinajstić information content (AvgIpc) is 2.17. The molecule has 0 saturated carbocycles. The van der Waals surface area contributed by atoms with Crippen molar-refractivity contribution in [3.8, 4) is 11.8 Å². The van der Waals surface area contributed by atoms with Gasteiger partial charge in [-0.1, -0.05) is 41.3 Å². The van der Waals surface area contributed by atoms with Gasteiger partial charge in [0.05, 0.1) is 5.75 Å². The molecule has 0 aliphatic heterocycles. The van der Waals surface area contributed by atoms with Crippen LogP contribution in [0, 0.1) is 18.8 Å². The highest BCUT2D eigenvalue weighted by molar-refractivity contribution is 8.13. The van der Waals surface area contributed by atoms with E-state index >= 15 is 0 Å². The van der Waals surface area contributed by atoms with E-state index in [1.165, 1.54) is 18.7 Å². The molecule has 0 spiro atoms. The first kappa shape index (κ1) is 12.2. The minimum absolute atomic E-state index is 0.0899. The lowest BCUT2D eigenvalue weighted by Gasteiger charge is -1.97. The van der Waals surface area contributed by atoms with Crippen molar-refractivity contribution in [1.82, 2.24) is 0 Å². The molecular weight excluding hydrogens is 228 g/mol. The van der Waals surface area contributed by atoms with Gasteiger partial charge in [0, 0.05) is 17.5 Å². The van der Waals surface area contributed by atoms with Gasteiger partial charge in [0.1, 0.15) is 0 Å². The van der Waals surface area contributed by atoms with Crippen molar-refractivity contribution >= 4 is 28.5 Å². The normalized spacial score (nSPS) is 9.27. The first-order valence-electron chi connectivity index (χ1n) is 4.48. The van der Waals surface area contributed by atoms with Crippen molar-refractivity contribution in [1.29, 1.82) is 0 Å². The maximum Gasteiger partial charge on any atom is 0.186 e. The third-order valence-corrected chi connectivity index (χ3v) is 2.70.